The molecule has 231 valence electrons. The average molecular weight is 605 g/mol. The van der Waals surface area contributed by atoms with Gasteiger partial charge in [-0.15, -0.1) is 0 Å². The van der Waals surface area contributed by atoms with E-state index in [4.69, 9.17) is 0 Å². The van der Waals surface area contributed by atoms with Crippen molar-refractivity contribution in [3.8, 4) is 0 Å². The van der Waals surface area contributed by atoms with Crippen molar-refractivity contribution in [3.05, 3.63) is 0 Å². The maximum absolute atomic E-state index is 11.2. The summed E-state index contributed by atoms with van der Waals surface area (Å²) < 4.78 is 0. The zero-order chi connectivity index (χ0) is 30.3. The van der Waals surface area contributed by atoms with Crippen LogP contribution in [0.5, 0.6) is 0 Å². The first-order valence-electron chi connectivity index (χ1n) is 15.7. The normalized spacial score (nSPS) is 9.75. The Morgan fingerprint density at radius 3 is 0.525 bits per heavy atom. The molecule has 0 bridgehead atoms. The first-order chi connectivity index (χ1) is 18.6. The first-order valence-corrected chi connectivity index (χ1v) is 15.7. The predicted molar refractivity (Wildman–Crippen MR) is 161 cm³/mol. The smallest absolute Gasteiger partial charge is 0.299 e. The van der Waals surface area contributed by atoms with E-state index in [1.165, 1.54) is 0 Å². The van der Waals surface area contributed by atoms with Crippen molar-refractivity contribution in [3.63, 3.8) is 0 Å². The van der Waals surface area contributed by atoms with Crippen molar-refractivity contribution in [2.45, 2.75) is 176 Å². The van der Waals surface area contributed by atoms with E-state index in [0.29, 0.717) is 38.5 Å². The van der Waals surface area contributed by atoms with Crippen LogP contribution in [0.15, 0.2) is 0 Å². The molecule has 0 heterocycles. The Morgan fingerprint density at radius 1 is 0.300 bits per heavy atom. The minimum Gasteiger partial charge on any atom is -0.299 e. The zero-order valence-corrected chi connectivity index (χ0v) is 28.0. The third-order valence-corrected chi connectivity index (χ3v) is 6.04. The van der Waals surface area contributed by atoms with Crippen LogP contribution >= 0.6 is 0 Å². The molecule has 0 aromatic rings. The van der Waals surface area contributed by atoms with Crippen molar-refractivity contribution in [1.29, 1.82) is 0 Å². The van der Waals surface area contributed by atoms with E-state index < -0.39 is 0 Å². The number of Topliss-reactive ketones (excluding diaryl/α,β-unsaturated/α-hetero) is 6. The Balaban J connectivity index is -0.000000240. The van der Waals surface area contributed by atoms with Gasteiger partial charge >= 0.3 is 17.4 Å². The molecule has 40 heavy (non-hydrogen) atoms. The van der Waals surface area contributed by atoms with Crippen LogP contribution in [0.4, 0.5) is 0 Å². The summed E-state index contributed by atoms with van der Waals surface area (Å²) in [4.78, 5) is 66.9. The molecular weight excluding hydrogens is 544 g/mol. The Morgan fingerprint density at radius 2 is 0.425 bits per heavy atom. The molecule has 6 nitrogen and oxygen atoms in total. The van der Waals surface area contributed by atoms with Crippen molar-refractivity contribution < 1.29 is 46.1 Å². The summed E-state index contributed by atoms with van der Waals surface area (Å²) in [6.07, 6.45) is 15.6. The first kappa shape index (κ1) is 45.5. The molecule has 0 saturated carbocycles. The summed E-state index contributed by atoms with van der Waals surface area (Å²) in [5, 5.41) is 0. The molecule has 0 amide bonds. The largest absolute Gasteiger partial charge is 3.00 e. The summed E-state index contributed by atoms with van der Waals surface area (Å²) in [5.74, 6) is 0.683. The monoisotopic (exact) mass is 604 g/mol. The fourth-order valence-corrected chi connectivity index (χ4v) is 3.43. The molecule has 0 aliphatic rings. The third kappa shape index (κ3) is 38.7. The quantitative estimate of drug-likeness (QED) is 0.102. The number of carbonyl (C=O) groups excluding carboxylic acids is 6. The number of ketones is 6. The van der Waals surface area contributed by atoms with Crippen molar-refractivity contribution in [2.24, 2.45) is 0 Å². The minimum atomic E-state index is 0. The van der Waals surface area contributed by atoms with E-state index in [2.05, 4.69) is 0 Å². The second kappa shape index (κ2) is 35.6. The van der Waals surface area contributed by atoms with Crippen LogP contribution in [0.3, 0.4) is 0 Å². The van der Waals surface area contributed by atoms with Gasteiger partial charge in [-0.3, -0.25) is 28.8 Å². The fraction of sp³-hybridized carbons (Fsp3) is 0.818. The molecule has 0 fully saturated rings. The third-order valence-electron chi connectivity index (χ3n) is 6.04. The van der Waals surface area contributed by atoms with Gasteiger partial charge in [0.2, 0.25) is 0 Å². The van der Waals surface area contributed by atoms with Crippen LogP contribution in [0.2, 0.25) is 0 Å². The van der Waals surface area contributed by atoms with Gasteiger partial charge < -0.3 is 0 Å². The van der Waals surface area contributed by atoms with Crippen LogP contribution in [0.1, 0.15) is 176 Å². The van der Waals surface area contributed by atoms with Crippen LogP contribution in [0, 0.1) is 0 Å². The molecule has 0 aliphatic carbocycles. The van der Waals surface area contributed by atoms with E-state index in [-0.39, 0.29) is 71.3 Å². The Labute approximate surface area is 256 Å². The molecule has 0 spiro atoms. The number of carbonyl (C=O) groups is 6. The van der Waals surface area contributed by atoms with Crippen LogP contribution in [0.25, 0.3) is 0 Å². The molecule has 0 saturated heterocycles. The van der Waals surface area contributed by atoms with Crippen molar-refractivity contribution in [1.82, 2.24) is 0 Å². The predicted octanol–water partition coefficient (Wildman–Crippen LogP) is 8.68. The van der Waals surface area contributed by atoms with Gasteiger partial charge in [0.25, 0.3) is 0 Å². The number of hydrogen-bond acceptors (Lipinski definition) is 6. The van der Waals surface area contributed by atoms with Gasteiger partial charge in [0, 0.05) is 38.5 Å². The van der Waals surface area contributed by atoms with E-state index >= 15 is 0 Å². The number of unbranched alkanes of at least 4 members (excludes halogenated alkanes) is 6. The van der Waals surface area contributed by atoms with Gasteiger partial charge in [0.15, 0.2) is 0 Å². The Bertz CT molecular complexity index is 528. The molecule has 0 aliphatic heterocycles. The fourth-order valence-electron chi connectivity index (χ4n) is 3.43. The summed E-state index contributed by atoms with van der Waals surface area (Å²) in [5.41, 5.74) is 0. The van der Waals surface area contributed by atoms with Gasteiger partial charge in [0.1, 0.15) is 34.7 Å². The maximum atomic E-state index is 11.2. The van der Waals surface area contributed by atoms with Gasteiger partial charge in [-0.05, 0) is 38.5 Å². The average Bonchev–Trinajstić information content (AvgIpc) is 2.91. The second-order valence-corrected chi connectivity index (χ2v) is 10.4. The molecule has 0 aromatic heterocycles. The number of rotatable bonds is 24. The topological polar surface area (TPSA) is 102 Å². The summed E-state index contributed by atoms with van der Waals surface area (Å²) >= 11 is 0. The molecule has 0 atom stereocenters. The zero-order valence-electron chi connectivity index (χ0n) is 26.7. The van der Waals surface area contributed by atoms with E-state index in [0.717, 1.165) is 77.0 Å². The molecule has 0 N–H and O–H groups in total. The van der Waals surface area contributed by atoms with Crippen LogP contribution in [-0.2, 0) is 46.1 Å². The Hall–Kier alpha value is -1.45. The second-order valence-electron chi connectivity index (χ2n) is 10.4. The van der Waals surface area contributed by atoms with Gasteiger partial charge in [-0.25, -0.2) is 0 Å². The molecule has 0 unspecified atom stereocenters. The molecule has 0 aromatic carbocycles. The minimum absolute atomic E-state index is 0. The Kier molecular flexibility index (Phi) is 40.5. The maximum Gasteiger partial charge on any atom is 3.00 e. The van der Waals surface area contributed by atoms with Gasteiger partial charge in [-0.1, -0.05) is 80.1 Å². The molecular formula is C33H60CrO6+3. The molecule has 7 heteroatoms. The van der Waals surface area contributed by atoms with Gasteiger partial charge in [-0.2, -0.15) is 0 Å². The SMILES string of the molecule is CCCCC(=O)CC(=O)CCCC.CCCCC(=O)CC(=O)CCCC.CCCCC(=O)CC(=O)CCCC.[Cr+3]. The van der Waals surface area contributed by atoms with Crippen LogP contribution in [-0.4, -0.2) is 34.7 Å². The summed E-state index contributed by atoms with van der Waals surface area (Å²) in [7, 11) is 0. The number of hydrogen-bond donors (Lipinski definition) is 0. The summed E-state index contributed by atoms with van der Waals surface area (Å²) in [6.45, 7) is 12.3. The summed E-state index contributed by atoms with van der Waals surface area (Å²) in [6, 6.07) is 0. The van der Waals surface area contributed by atoms with E-state index in [1.807, 2.05) is 41.5 Å². The van der Waals surface area contributed by atoms with E-state index in [1.54, 1.807) is 0 Å². The molecule has 0 rings (SSSR count). The van der Waals surface area contributed by atoms with Gasteiger partial charge in [0.05, 0.1) is 19.3 Å². The van der Waals surface area contributed by atoms with Crippen molar-refractivity contribution >= 4 is 34.7 Å². The van der Waals surface area contributed by atoms with Crippen molar-refractivity contribution in [2.75, 3.05) is 0 Å². The molecule has 1 radical (unpaired) electrons. The standard InChI is InChI=1S/3C11H20O2.Cr/c3*1-3-5-7-10(12)9-11(13)8-6-4-2;/h3*3-9H2,1-2H3;/q;;;+3. The van der Waals surface area contributed by atoms with E-state index in [9.17, 15) is 28.8 Å². The van der Waals surface area contributed by atoms with Crippen LogP contribution < -0.4 is 0 Å².